The molecule has 0 rings (SSSR count). The fourth-order valence-electron chi connectivity index (χ4n) is 3.98. The number of unbranched alkanes of at least 4 members (excludes halogenated alkanes) is 14. The average Bonchev–Trinajstić information content (AvgIpc) is 2.59. The van der Waals surface area contributed by atoms with Gasteiger partial charge in [-0.1, -0.05) is 149 Å². The highest BCUT2D eigenvalue weighted by Crippen LogP contribution is 2.23. The lowest BCUT2D eigenvalue weighted by molar-refractivity contribution is 0.377. The lowest BCUT2D eigenvalue weighted by Gasteiger charge is -2.16. The maximum absolute atomic E-state index is 2.37. The van der Waals surface area contributed by atoms with Gasteiger partial charge in [-0.25, -0.2) is 0 Å². The summed E-state index contributed by atoms with van der Waals surface area (Å²) in [6.45, 7) is 6.98. The first-order chi connectivity index (χ1) is 11.8. The van der Waals surface area contributed by atoms with Gasteiger partial charge in [-0.2, -0.15) is 0 Å². The van der Waals surface area contributed by atoms with Crippen LogP contribution >= 0.6 is 0 Å². The zero-order valence-corrected chi connectivity index (χ0v) is 17.7. The molecule has 0 aromatic carbocycles. The monoisotopic (exact) mass is 338 g/mol. The summed E-state index contributed by atoms with van der Waals surface area (Å²) < 4.78 is 0. The third kappa shape index (κ3) is 18.3. The van der Waals surface area contributed by atoms with Crippen LogP contribution in [0.2, 0.25) is 0 Å². The third-order valence-electron chi connectivity index (χ3n) is 5.63. The summed E-state index contributed by atoms with van der Waals surface area (Å²) in [4.78, 5) is 0. The molecule has 24 heavy (non-hydrogen) atoms. The van der Waals surface area contributed by atoms with E-state index in [-0.39, 0.29) is 0 Å². The Labute approximate surface area is 155 Å². The first kappa shape index (κ1) is 24.0. The molecule has 0 N–H and O–H groups in total. The fraction of sp³-hybridized carbons (Fsp3) is 1.00. The van der Waals surface area contributed by atoms with Crippen molar-refractivity contribution >= 4 is 0 Å². The van der Waals surface area contributed by atoms with Gasteiger partial charge in [-0.3, -0.25) is 0 Å². The fourth-order valence-corrected chi connectivity index (χ4v) is 3.98. The summed E-state index contributed by atoms with van der Waals surface area (Å²) in [5.74, 6) is 1.04. The van der Waals surface area contributed by atoms with Crippen LogP contribution in [0, 0.1) is 5.92 Å². The minimum absolute atomic E-state index is 1.04. The smallest absolute Gasteiger partial charge is 0.0414 e. The molecule has 0 spiro atoms. The van der Waals surface area contributed by atoms with E-state index in [4.69, 9.17) is 0 Å². The minimum Gasteiger partial charge on any atom is -0.0654 e. The van der Waals surface area contributed by atoms with Crippen LogP contribution in [-0.2, 0) is 0 Å². The molecule has 0 nitrogen and oxygen atoms in total. The van der Waals surface area contributed by atoms with Crippen molar-refractivity contribution in [2.24, 2.45) is 5.92 Å². The molecule has 1 unspecified atom stereocenters. The van der Waals surface area contributed by atoms with Gasteiger partial charge in [-0.15, -0.1) is 0 Å². The van der Waals surface area contributed by atoms with Crippen molar-refractivity contribution in [1.82, 2.24) is 0 Å². The van der Waals surface area contributed by atoms with Crippen molar-refractivity contribution < 1.29 is 0 Å². The van der Waals surface area contributed by atoms with Gasteiger partial charge < -0.3 is 0 Å². The molecule has 0 heterocycles. The Balaban J connectivity index is 3.40. The Bertz CT molecular complexity index is 208. The maximum atomic E-state index is 2.37. The number of hydrogen-bond donors (Lipinski definition) is 0. The van der Waals surface area contributed by atoms with Crippen LogP contribution in [0.4, 0.5) is 0 Å². The zero-order chi connectivity index (χ0) is 17.7. The van der Waals surface area contributed by atoms with Crippen molar-refractivity contribution in [3.8, 4) is 0 Å². The van der Waals surface area contributed by atoms with Gasteiger partial charge >= 0.3 is 0 Å². The molecule has 0 bridgehead atoms. The largest absolute Gasteiger partial charge is 0.0654 e. The first-order valence-corrected chi connectivity index (χ1v) is 11.8. The number of rotatable bonds is 20. The quantitative estimate of drug-likeness (QED) is 0.194. The van der Waals surface area contributed by atoms with E-state index in [1.54, 1.807) is 0 Å². The van der Waals surface area contributed by atoms with Crippen molar-refractivity contribution in [2.75, 3.05) is 0 Å². The minimum atomic E-state index is 1.04. The third-order valence-corrected chi connectivity index (χ3v) is 5.63. The van der Waals surface area contributed by atoms with E-state index >= 15 is 0 Å². The molecule has 1 atom stereocenters. The van der Waals surface area contributed by atoms with Crippen molar-refractivity contribution in [1.29, 1.82) is 0 Å². The van der Waals surface area contributed by atoms with Gasteiger partial charge in [0.15, 0.2) is 0 Å². The molecule has 0 aromatic rings. The second-order valence-electron chi connectivity index (χ2n) is 8.18. The Hall–Kier alpha value is 0. The summed E-state index contributed by atoms with van der Waals surface area (Å²) in [7, 11) is 0. The molecule has 0 aliphatic carbocycles. The van der Waals surface area contributed by atoms with Crippen LogP contribution < -0.4 is 0 Å². The molecule has 0 aliphatic rings. The van der Waals surface area contributed by atoms with Gasteiger partial charge in [0.2, 0.25) is 0 Å². The van der Waals surface area contributed by atoms with Crippen LogP contribution in [0.15, 0.2) is 0 Å². The first-order valence-electron chi connectivity index (χ1n) is 11.8. The molecular formula is C24H50. The van der Waals surface area contributed by atoms with Gasteiger partial charge in [-0.05, 0) is 5.92 Å². The Morgan fingerprint density at radius 1 is 0.333 bits per heavy atom. The highest BCUT2D eigenvalue weighted by atomic mass is 14.1. The molecular weight excluding hydrogens is 288 g/mol. The molecule has 0 saturated carbocycles. The summed E-state index contributed by atoms with van der Waals surface area (Å²) in [5, 5.41) is 0. The average molecular weight is 339 g/mol. The molecule has 0 saturated heterocycles. The molecule has 0 fully saturated rings. The predicted molar refractivity (Wildman–Crippen MR) is 113 cm³/mol. The van der Waals surface area contributed by atoms with E-state index in [2.05, 4.69) is 20.8 Å². The normalized spacial score (nSPS) is 12.6. The molecule has 0 heteroatoms. The second kappa shape index (κ2) is 21.0. The zero-order valence-electron chi connectivity index (χ0n) is 17.7. The lowest BCUT2D eigenvalue weighted by atomic mass is 9.90. The van der Waals surface area contributed by atoms with Crippen LogP contribution in [-0.4, -0.2) is 0 Å². The topological polar surface area (TPSA) is 0 Å². The van der Waals surface area contributed by atoms with E-state index in [1.807, 2.05) is 0 Å². The van der Waals surface area contributed by atoms with E-state index in [9.17, 15) is 0 Å². The Morgan fingerprint density at radius 2 is 0.667 bits per heavy atom. The van der Waals surface area contributed by atoms with Crippen molar-refractivity contribution in [3.05, 3.63) is 0 Å². The SMILES string of the molecule is CCCCCCCCCCCCC(CCC)CCCCCCCC. The standard InChI is InChI=1S/C24H50/c1-4-7-9-11-13-14-15-16-18-20-23-24(21-6-3)22-19-17-12-10-8-5-2/h24H,4-23H2,1-3H3. The summed E-state index contributed by atoms with van der Waals surface area (Å²) in [6, 6.07) is 0. The Morgan fingerprint density at radius 3 is 1.00 bits per heavy atom. The van der Waals surface area contributed by atoms with Crippen molar-refractivity contribution in [3.63, 3.8) is 0 Å². The van der Waals surface area contributed by atoms with Crippen LogP contribution in [0.1, 0.15) is 149 Å². The van der Waals surface area contributed by atoms with Crippen molar-refractivity contribution in [2.45, 2.75) is 149 Å². The summed E-state index contributed by atoms with van der Waals surface area (Å²) in [5.41, 5.74) is 0. The van der Waals surface area contributed by atoms with Gasteiger partial charge in [0, 0.05) is 0 Å². The van der Waals surface area contributed by atoms with Crippen LogP contribution in [0.3, 0.4) is 0 Å². The molecule has 0 radical (unpaired) electrons. The highest BCUT2D eigenvalue weighted by Gasteiger charge is 2.07. The second-order valence-corrected chi connectivity index (χ2v) is 8.18. The highest BCUT2D eigenvalue weighted by molar-refractivity contribution is 4.60. The van der Waals surface area contributed by atoms with Gasteiger partial charge in [0.1, 0.15) is 0 Å². The Kier molecular flexibility index (Phi) is 21.0. The summed E-state index contributed by atoms with van der Waals surface area (Å²) >= 11 is 0. The van der Waals surface area contributed by atoms with E-state index in [1.165, 1.54) is 128 Å². The maximum Gasteiger partial charge on any atom is -0.0414 e. The van der Waals surface area contributed by atoms with E-state index in [0.717, 1.165) is 5.92 Å². The number of hydrogen-bond acceptors (Lipinski definition) is 0. The molecule has 0 aromatic heterocycles. The molecule has 146 valence electrons. The predicted octanol–water partition coefficient (Wildman–Crippen LogP) is 9.46. The summed E-state index contributed by atoms with van der Waals surface area (Å²) in [6.07, 6.45) is 29.3. The van der Waals surface area contributed by atoms with Crippen LogP contribution in [0.5, 0.6) is 0 Å². The van der Waals surface area contributed by atoms with E-state index in [0.29, 0.717) is 0 Å². The van der Waals surface area contributed by atoms with E-state index < -0.39 is 0 Å². The lowest BCUT2D eigenvalue weighted by Crippen LogP contribution is -2.00. The molecule has 0 amide bonds. The van der Waals surface area contributed by atoms with Gasteiger partial charge in [0.25, 0.3) is 0 Å². The van der Waals surface area contributed by atoms with Crippen LogP contribution in [0.25, 0.3) is 0 Å². The molecule has 0 aliphatic heterocycles. The van der Waals surface area contributed by atoms with Gasteiger partial charge in [0.05, 0.1) is 0 Å².